The molecular formula is C28H35NO4. The molecule has 0 aliphatic carbocycles. The second kappa shape index (κ2) is 10.7. The van der Waals surface area contributed by atoms with Crippen molar-refractivity contribution in [2.75, 3.05) is 6.54 Å². The van der Waals surface area contributed by atoms with Gasteiger partial charge in [-0.05, 0) is 61.6 Å². The van der Waals surface area contributed by atoms with Crippen LogP contribution in [0.2, 0.25) is 0 Å². The van der Waals surface area contributed by atoms with Crippen LogP contribution in [0.3, 0.4) is 0 Å². The highest BCUT2D eigenvalue weighted by Gasteiger charge is 2.45. The molecule has 1 aliphatic heterocycles. The predicted octanol–water partition coefficient (Wildman–Crippen LogP) is 6.21. The van der Waals surface area contributed by atoms with E-state index in [9.17, 15) is 14.7 Å². The fourth-order valence-electron chi connectivity index (χ4n) is 4.17. The molecule has 0 spiro atoms. The number of hydrogen-bond acceptors (Lipinski definition) is 4. The molecule has 33 heavy (non-hydrogen) atoms. The first-order valence-corrected chi connectivity index (χ1v) is 11.9. The summed E-state index contributed by atoms with van der Waals surface area (Å²) in [6.07, 6.45) is 2.83. The van der Waals surface area contributed by atoms with E-state index < -0.39 is 17.7 Å². The van der Waals surface area contributed by atoms with Crippen molar-refractivity contribution in [2.45, 2.75) is 71.9 Å². The van der Waals surface area contributed by atoms with Gasteiger partial charge in [0.05, 0.1) is 17.7 Å². The number of unbranched alkanes of at least 4 members (excludes halogenated alkanes) is 2. The van der Waals surface area contributed by atoms with Gasteiger partial charge in [-0.3, -0.25) is 9.59 Å². The van der Waals surface area contributed by atoms with Gasteiger partial charge >= 0.3 is 0 Å². The number of likely N-dealkylation sites (tertiary alicyclic amines) is 1. The average molecular weight is 450 g/mol. The predicted molar refractivity (Wildman–Crippen MR) is 131 cm³/mol. The summed E-state index contributed by atoms with van der Waals surface area (Å²) in [6, 6.07) is 14.4. The monoisotopic (exact) mass is 449 g/mol. The van der Waals surface area contributed by atoms with Crippen molar-refractivity contribution in [3.05, 3.63) is 70.8 Å². The van der Waals surface area contributed by atoms with E-state index in [2.05, 4.69) is 20.8 Å². The minimum atomic E-state index is -0.635. The molecule has 0 radical (unpaired) electrons. The Labute approximate surface area is 197 Å². The number of rotatable bonds is 9. The Kier molecular flexibility index (Phi) is 7.96. The second-order valence-corrected chi connectivity index (χ2v) is 9.21. The zero-order valence-electron chi connectivity index (χ0n) is 20.3. The van der Waals surface area contributed by atoms with E-state index in [1.165, 1.54) is 5.56 Å². The molecular weight excluding hydrogens is 414 g/mol. The Morgan fingerprint density at radius 1 is 0.970 bits per heavy atom. The summed E-state index contributed by atoms with van der Waals surface area (Å²) in [5, 5.41) is 11.2. The summed E-state index contributed by atoms with van der Waals surface area (Å²) < 4.78 is 5.68. The maximum absolute atomic E-state index is 13.1. The number of benzene rings is 2. The Bertz CT molecular complexity index is 1000. The number of ether oxygens (including phenoxy) is 1. The fourth-order valence-corrected chi connectivity index (χ4v) is 4.17. The molecule has 1 aliphatic rings. The lowest BCUT2D eigenvalue weighted by molar-refractivity contribution is -0.139. The number of aliphatic hydroxyl groups excluding tert-OH is 1. The van der Waals surface area contributed by atoms with E-state index in [0.717, 1.165) is 24.8 Å². The average Bonchev–Trinajstić information content (AvgIpc) is 3.04. The fraction of sp³-hybridized carbons (Fsp3) is 0.429. The summed E-state index contributed by atoms with van der Waals surface area (Å²) in [5.74, 6) is -0.279. The molecule has 1 heterocycles. The highest BCUT2D eigenvalue weighted by atomic mass is 16.5. The molecule has 1 unspecified atom stereocenters. The number of hydrogen-bond donors (Lipinski definition) is 1. The highest BCUT2D eigenvalue weighted by Crippen LogP contribution is 2.40. The molecule has 1 fully saturated rings. The van der Waals surface area contributed by atoms with Gasteiger partial charge in [-0.2, -0.15) is 0 Å². The van der Waals surface area contributed by atoms with Gasteiger partial charge in [-0.1, -0.05) is 57.9 Å². The van der Waals surface area contributed by atoms with E-state index in [0.29, 0.717) is 23.8 Å². The molecule has 2 aromatic carbocycles. The van der Waals surface area contributed by atoms with Crippen LogP contribution in [0.4, 0.5) is 0 Å². The van der Waals surface area contributed by atoms with Crippen LogP contribution >= 0.6 is 0 Å². The number of ketones is 1. The van der Waals surface area contributed by atoms with Crippen molar-refractivity contribution in [1.29, 1.82) is 0 Å². The molecule has 5 heteroatoms. The molecule has 2 aromatic rings. The van der Waals surface area contributed by atoms with E-state index in [1.54, 1.807) is 29.2 Å². The first-order chi connectivity index (χ1) is 15.7. The number of carbonyl (C=O) groups excluding carboxylic acids is 2. The molecule has 1 saturated heterocycles. The quantitative estimate of drug-likeness (QED) is 0.214. The SMILES string of the molecule is CCCCCN1C(=O)C(=O)/C(=C(\O)c2ccc(OC(C)C)cc2)C1c1ccc(C(C)C)cc1. The zero-order valence-corrected chi connectivity index (χ0v) is 20.3. The maximum Gasteiger partial charge on any atom is 0.295 e. The van der Waals surface area contributed by atoms with Gasteiger partial charge < -0.3 is 14.7 Å². The second-order valence-electron chi connectivity index (χ2n) is 9.21. The van der Waals surface area contributed by atoms with Crippen molar-refractivity contribution in [2.24, 2.45) is 0 Å². The van der Waals surface area contributed by atoms with Crippen LogP contribution in [0, 0.1) is 0 Å². The minimum Gasteiger partial charge on any atom is -0.507 e. The lowest BCUT2D eigenvalue weighted by atomic mass is 9.93. The largest absolute Gasteiger partial charge is 0.507 e. The van der Waals surface area contributed by atoms with Gasteiger partial charge in [0.2, 0.25) is 0 Å². The van der Waals surface area contributed by atoms with Crippen LogP contribution in [0.15, 0.2) is 54.1 Å². The number of carbonyl (C=O) groups is 2. The Morgan fingerprint density at radius 2 is 1.61 bits per heavy atom. The van der Waals surface area contributed by atoms with Gasteiger partial charge in [-0.15, -0.1) is 0 Å². The molecule has 0 bridgehead atoms. The van der Waals surface area contributed by atoms with Gasteiger partial charge in [0, 0.05) is 12.1 Å². The molecule has 5 nitrogen and oxygen atoms in total. The Hall–Kier alpha value is -3.08. The van der Waals surface area contributed by atoms with E-state index in [1.807, 2.05) is 38.1 Å². The van der Waals surface area contributed by atoms with E-state index in [4.69, 9.17) is 4.74 Å². The highest BCUT2D eigenvalue weighted by molar-refractivity contribution is 6.46. The van der Waals surface area contributed by atoms with Crippen molar-refractivity contribution in [3.8, 4) is 5.75 Å². The third kappa shape index (κ3) is 5.47. The summed E-state index contributed by atoms with van der Waals surface area (Å²) in [4.78, 5) is 27.7. The van der Waals surface area contributed by atoms with Crippen LogP contribution in [-0.2, 0) is 9.59 Å². The topological polar surface area (TPSA) is 66.8 Å². The maximum atomic E-state index is 13.1. The number of amides is 1. The van der Waals surface area contributed by atoms with Crippen molar-refractivity contribution < 1.29 is 19.4 Å². The summed E-state index contributed by atoms with van der Waals surface area (Å²) in [7, 11) is 0. The molecule has 1 amide bonds. The number of aliphatic hydroxyl groups is 1. The number of Topliss-reactive ketones (excluding diaryl/α,β-unsaturated/α-hetero) is 1. The molecule has 3 rings (SSSR count). The van der Waals surface area contributed by atoms with Crippen LogP contribution in [0.1, 0.15) is 82.5 Å². The van der Waals surface area contributed by atoms with Gasteiger partial charge in [0.1, 0.15) is 11.5 Å². The van der Waals surface area contributed by atoms with Gasteiger partial charge in [0.15, 0.2) is 0 Å². The van der Waals surface area contributed by atoms with Crippen LogP contribution in [-0.4, -0.2) is 34.3 Å². The Morgan fingerprint density at radius 3 is 2.15 bits per heavy atom. The molecule has 0 aromatic heterocycles. The summed E-state index contributed by atoms with van der Waals surface area (Å²) in [5.41, 5.74) is 2.65. The smallest absolute Gasteiger partial charge is 0.295 e. The third-order valence-electron chi connectivity index (χ3n) is 5.96. The van der Waals surface area contributed by atoms with Crippen LogP contribution in [0.25, 0.3) is 5.76 Å². The Balaban J connectivity index is 2.05. The van der Waals surface area contributed by atoms with Crippen molar-refractivity contribution >= 4 is 17.4 Å². The van der Waals surface area contributed by atoms with E-state index in [-0.39, 0.29) is 17.4 Å². The van der Waals surface area contributed by atoms with Crippen molar-refractivity contribution in [3.63, 3.8) is 0 Å². The molecule has 176 valence electrons. The third-order valence-corrected chi connectivity index (χ3v) is 5.96. The minimum absolute atomic E-state index is 0.0340. The van der Waals surface area contributed by atoms with Crippen LogP contribution < -0.4 is 4.74 Å². The lowest BCUT2D eigenvalue weighted by Gasteiger charge is -2.25. The zero-order chi connectivity index (χ0) is 24.1. The van der Waals surface area contributed by atoms with Gasteiger partial charge in [-0.25, -0.2) is 0 Å². The van der Waals surface area contributed by atoms with Crippen molar-refractivity contribution in [1.82, 2.24) is 4.90 Å². The lowest BCUT2D eigenvalue weighted by Crippen LogP contribution is -2.30. The number of nitrogens with zero attached hydrogens (tertiary/aromatic N) is 1. The molecule has 1 atom stereocenters. The summed E-state index contributed by atoms with van der Waals surface area (Å²) >= 11 is 0. The molecule has 0 saturated carbocycles. The van der Waals surface area contributed by atoms with E-state index >= 15 is 0 Å². The van der Waals surface area contributed by atoms with Crippen LogP contribution in [0.5, 0.6) is 5.75 Å². The first-order valence-electron chi connectivity index (χ1n) is 11.9. The normalized spacial score (nSPS) is 17.9. The summed E-state index contributed by atoms with van der Waals surface area (Å²) in [6.45, 7) is 10.7. The van der Waals surface area contributed by atoms with Gasteiger partial charge in [0.25, 0.3) is 11.7 Å². The standard InChI is InChI=1S/C28H35NO4/c1-6-7-8-17-29-25(21-11-9-20(10-12-21)18(2)3)24(27(31)28(29)32)26(30)22-13-15-23(16-14-22)33-19(4)5/h9-16,18-19,25,30H,6-8,17H2,1-5H3/b26-24-. The molecule has 1 N–H and O–H groups in total. The first kappa shape index (κ1) is 24.6.